The third-order valence-corrected chi connectivity index (χ3v) is 4.29. The third-order valence-electron chi connectivity index (χ3n) is 4.29. The van der Waals surface area contributed by atoms with E-state index in [1.54, 1.807) is 0 Å². The average molecular weight is 280 g/mol. The summed E-state index contributed by atoms with van der Waals surface area (Å²) in [5.74, 6) is 0.658. The maximum absolute atomic E-state index is 3.57. The molecule has 1 unspecified atom stereocenters. The van der Waals surface area contributed by atoms with Gasteiger partial charge >= 0.3 is 0 Å². The highest BCUT2D eigenvalue weighted by Gasteiger charge is 2.19. The molecule has 2 heteroatoms. The van der Waals surface area contributed by atoms with Gasteiger partial charge in [0.15, 0.2) is 0 Å². The fraction of sp³-hybridized carbons (Fsp3) is 0.368. The Bertz CT molecular complexity index is 613. The largest absolute Gasteiger partial charge is 0.384 e. The van der Waals surface area contributed by atoms with Crippen LogP contribution in [0.3, 0.4) is 0 Å². The first kappa shape index (κ1) is 14.0. The number of fused-ring (bicyclic) bond motifs is 1. The van der Waals surface area contributed by atoms with Gasteiger partial charge in [-0.2, -0.15) is 0 Å². The van der Waals surface area contributed by atoms with Gasteiger partial charge in [0.2, 0.25) is 0 Å². The molecule has 0 amide bonds. The molecule has 1 N–H and O–H groups in total. The highest BCUT2D eigenvalue weighted by molar-refractivity contribution is 5.54. The normalized spacial score (nSPS) is 17.0. The van der Waals surface area contributed by atoms with Crippen LogP contribution in [0.15, 0.2) is 42.5 Å². The van der Waals surface area contributed by atoms with E-state index in [1.165, 1.54) is 28.1 Å². The van der Waals surface area contributed by atoms with Crippen LogP contribution in [0, 0.1) is 19.8 Å². The topological polar surface area (TPSA) is 15.3 Å². The Morgan fingerprint density at radius 1 is 1.10 bits per heavy atom. The van der Waals surface area contributed by atoms with Gasteiger partial charge in [0.05, 0.1) is 0 Å². The zero-order chi connectivity index (χ0) is 14.8. The molecular formula is C19H24N2. The Morgan fingerprint density at radius 3 is 2.57 bits per heavy atom. The number of anilines is 2. The van der Waals surface area contributed by atoms with Crippen LogP contribution in [0.25, 0.3) is 0 Å². The molecule has 0 aliphatic carbocycles. The Balaban J connectivity index is 1.70. The van der Waals surface area contributed by atoms with E-state index in [0.717, 1.165) is 19.5 Å². The molecule has 1 aliphatic heterocycles. The van der Waals surface area contributed by atoms with Crippen molar-refractivity contribution in [2.24, 2.45) is 5.92 Å². The second-order valence-corrected chi connectivity index (χ2v) is 6.33. The van der Waals surface area contributed by atoms with Crippen molar-refractivity contribution >= 4 is 11.4 Å². The summed E-state index contributed by atoms with van der Waals surface area (Å²) >= 11 is 0. The van der Waals surface area contributed by atoms with Crippen molar-refractivity contribution in [2.75, 3.05) is 30.4 Å². The van der Waals surface area contributed by atoms with Crippen molar-refractivity contribution < 1.29 is 0 Å². The van der Waals surface area contributed by atoms with E-state index in [2.05, 4.69) is 73.6 Å². The number of hydrogen-bond acceptors (Lipinski definition) is 2. The van der Waals surface area contributed by atoms with Crippen molar-refractivity contribution in [2.45, 2.75) is 20.3 Å². The number of para-hydroxylation sites is 1. The standard InChI is InChI=1S/C19H24N2/c1-14-8-15(2)10-18(9-14)21(3)13-16-11-17-6-4-5-7-19(17)20-12-16/h4-10,16,20H,11-13H2,1-3H3. The van der Waals surface area contributed by atoms with Crippen molar-refractivity contribution in [3.63, 3.8) is 0 Å². The number of benzene rings is 2. The summed E-state index contributed by atoms with van der Waals surface area (Å²) in [6.07, 6.45) is 1.16. The smallest absolute Gasteiger partial charge is 0.0372 e. The maximum Gasteiger partial charge on any atom is 0.0372 e. The molecule has 0 aromatic heterocycles. The first-order valence-corrected chi connectivity index (χ1v) is 7.73. The van der Waals surface area contributed by atoms with Crippen LogP contribution < -0.4 is 10.2 Å². The minimum absolute atomic E-state index is 0.658. The third kappa shape index (κ3) is 3.21. The van der Waals surface area contributed by atoms with Gasteiger partial charge in [-0.05, 0) is 61.1 Å². The molecule has 2 nitrogen and oxygen atoms in total. The SMILES string of the molecule is Cc1cc(C)cc(N(C)CC2CNc3ccccc3C2)c1. The van der Waals surface area contributed by atoms with Crippen LogP contribution in [0.1, 0.15) is 16.7 Å². The lowest BCUT2D eigenvalue weighted by Crippen LogP contribution is -2.33. The molecule has 2 aromatic carbocycles. The number of rotatable bonds is 3. The monoisotopic (exact) mass is 280 g/mol. The molecule has 0 saturated heterocycles. The fourth-order valence-corrected chi connectivity index (χ4v) is 3.30. The summed E-state index contributed by atoms with van der Waals surface area (Å²) in [7, 11) is 2.20. The lowest BCUT2D eigenvalue weighted by Gasteiger charge is -2.31. The summed E-state index contributed by atoms with van der Waals surface area (Å²) in [5.41, 5.74) is 6.75. The summed E-state index contributed by atoms with van der Waals surface area (Å²) in [4.78, 5) is 2.39. The Labute approximate surface area is 127 Å². The van der Waals surface area contributed by atoms with Gasteiger partial charge in [0.1, 0.15) is 0 Å². The van der Waals surface area contributed by atoms with E-state index < -0.39 is 0 Å². The van der Waals surface area contributed by atoms with Crippen molar-refractivity contribution in [3.05, 3.63) is 59.2 Å². The molecule has 0 radical (unpaired) electrons. The van der Waals surface area contributed by atoms with E-state index >= 15 is 0 Å². The van der Waals surface area contributed by atoms with Crippen molar-refractivity contribution in [1.82, 2.24) is 0 Å². The molecule has 1 heterocycles. The minimum Gasteiger partial charge on any atom is -0.384 e. The Morgan fingerprint density at radius 2 is 1.81 bits per heavy atom. The van der Waals surface area contributed by atoms with Gasteiger partial charge in [0, 0.05) is 31.5 Å². The highest BCUT2D eigenvalue weighted by Crippen LogP contribution is 2.26. The van der Waals surface area contributed by atoms with Crippen LogP contribution in [0.2, 0.25) is 0 Å². The van der Waals surface area contributed by atoms with Crippen LogP contribution in [-0.2, 0) is 6.42 Å². The predicted molar refractivity (Wildman–Crippen MR) is 91.3 cm³/mol. The summed E-state index contributed by atoms with van der Waals surface area (Å²) in [6.45, 7) is 6.49. The zero-order valence-electron chi connectivity index (χ0n) is 13.2. The summed E-state index contributed by atoms with van der Waals surface area (Å²) in [6, 6.07) is 15.4. The van der Waals surface area contributed by atoms with E-state index in [1.807, 2.05) is 0 Å². The predicted octanol–water partition coefficient (Wildman–Crippen LogP) is 4.02. The Hall–Kier alpha value is -1.96. The van der Waals surface area contributed by atoms with Crippen molar-refractivity contribution in [3.8, 4) is 0 Å². The number of nitrogens with zero attached hydrogens (tertiary/aromatic N) is 1. The number of aryl methyl sites for hydroxylation is 2. The van der Waals surface area contributed by atoms with Gasteiger partial charge in [-0.25, -0.2) is 0 Å². The van der Waals surface area contributed by atoms with E-state index in [9.17, 15) is 0 Å². The molecule has 3 rings (SSSR count). The molecule has 0 spiro atoms. The summed E-state index contributed by atoms with van der Waals surface area (Å²) < 4.78 is 0. The molecule has 0 saturated carbocycles. The molecule has 0 bridgehead atoms. The van der Waals surface area contributed by atoms with Crippen LogP contribution >= 0.6 is 0 Å². The van der Waals surface area contributed by atoms with Crippen LogP contribution in [-0.4, -0.2) is 20.1 Å². The van der Waals surface area contributed by atoms with Gasteiger partial charge in [-0.15, -0.1) is 0 Å². The maximum atomic E-state index is 3.57. The highest BCUT2D eigenvalue weighted by atomic mass is 15.1. The van der Waals surface area contributed by atoms with Gasteiger partial charge in [-0.3, -0.25) is 0 Å². The second kappa shape index (κ2) is 5.80. The number of nitrogens with one attached hydrogen (secondary N) is 1. The first-order valence-electron chi connectivity index (χ1n) is 7.73. The molecule has 0 fully saturated rings. The van der Waals surface area contributed by atoms with Gasteiger partial charge < -0.3 is 10.2 Å². The molecule has 21 heavy (non-hydrogen) atoms. The molecule has 2 aromatic rings. The molecule has 110 valence electrons. The van der Waals surface area contributed by atoms with E-state index in [-0.39, 0.29) is 0 Å². The fourth-order valence-electron chi connectivity index (χ4n) is 3.30. The average Bonchev–Trinajstić information content (AvgIpc) is 2.46. The van der Waals surface area contributed by atoms with E-state index in [4.69, 9.17) is 0 Å². The molecular weight excluding hydrogens is 256 g/mol. The number of hydrogen-bond donors (Lipinski definition) is 1. The zero-order valence-corrected chi connectivity index (χ0v) is 13.2. The minimum atomic E-state index is 0.658. The van der Waals surface area contributed by atoms with Crippen LogP contribution in [0.4, 0.5) is 11.4 Å². The first-order chi connectivity index (χ1) is 10.1. The second-order valence-electron chi connectivity index (χ2n) is 6.33. The van der Waals surface area contributed by atoms with E-state index in [0.29, 0.717) is 5.92 Å². The van der Waals surface area contributed by atoms with Crippen molar-refractivity contribution in [1.29, 1.82) is 0 Å². The molecule has 1 aliphatic rings. The lowest BCUT2D eigenvalue weighted by molar-refractivity contribution is 0.536. The van der Waals surface area contributed by atoms with Gasteiger partial charge in [0.25, 0.3) is 0 Å². The summed E-state index contributed by atoms with van der Waals surface area (Å²) in [5, 5.41) is 3.57. The van der Waals surface area contributed by atoms with Gasteiger partial charge in [-0.1, -0.05) is 24.3 Å². The molecule has 1 atom stereocenters. The quantitative estimate of drug-likeness (QED) is 0.913. The lowest BCUT2D eigenvalue weighted by atomic mass is 9.93. The van der Waals surface area contributed by atoms with Crippen LogP contribution in [0.5, 0.6) is 0 Å². The Kier molecular flexibility index (Phi) is 3.87.